The minimum atomic E-state index is -0.145. The molecule has 0 unspecified atom stereocenters. The molecule has 0 amide bonds. The maximum atomic E-state index is 13.2. The third kappa shape index (κ3) is 3.54. The van der Waals surface area contributed by atoms with E-state index in [1.165, 1.54) is 0 Å². The SMILES string of the molecule is CCOc1ccc(C2CCN(C)CC2)c2c1C(=O)/C(=C\c1ccccc1Cl)O2. The summed E-state index contributed by atoms with van der Waals surface area (Å²) in [6, 6.07) is 11.4. The van der Waals surface area contributed by atoms with Crippen LogP contribution in [0.25, 0.3) is 6.08 Å². The Morgan fingerprint density at radius 2 is 1.96 bits per heavy atom. The number of hydrogen-bond acceptors (Lipinski definition) is 4. The van der Waals surface area contributed by atoms with E-state index in [9.17, 15) is 4.79 Å². The second-order valence-electron chi connectivity index (χ2n) is 7.33. The van der Waals surface area contributed by atoms with Gasteiger partial charge in [0.15, 0.2) is 5.76 Å². The molecule has 2 aliphatic heterocycles. The van der Waals surface area contributed by atoms with Crippen LogP contribution in [0.2, 0.25) is 5.02 Å². The zero-order valence-electron chi connectivity index (χ0n) is 16.2. The predicted octanol–water partition coefficient (Wildman–Crippen LogP) is 5.16. The number of allylic oxidation sites excluding steroid dienone is 1. The van der Waals surface area contributed by atoms with Crippen LogP contribution in [0.4, 0.5) is 0 Å². The van der Waals surface area contributed by atoms with Crippen LogP contribution < -0.4 is 9.47 Å². The lowest BCUT2D eigenvalue weighted by Crippen LogP contribution is -2.29. The highest BCUT2D eigenvalue weighted by molar-refractivity contribution is 6.32. The van der Waals surface area contributed by atoms with Crippen molar-refractivity contribution in [2.45, 2.75) is 25.7 Å². The van der Waals surface area contributed by atoms with Gasteiger partial charge < -0.3 is 14.4 Å². The van der Waals surface area contributed by atoms with Crippen molar-refractivity contribution in [1.29, 1.82) is 0 Å². The van der Waals surface area contributed by atoms with Crippen molar-refractivity contribution in [2.75, 3.05) is 26.7 Å². The summed E-state index contributed by atoms with van der Waals surface area (Å²) < 4.78 is 11.9. The van der Waals surface area contributed by atoms with Crippen molar-refractivity contribution in [3.63, 3.8) is 0 Å². The van der Waals surface area contributed by atoms with Gasteiger partial charge in [0, 0.05) is 5.02 Å². The highest BCUT2D eigenvalue weighted by Gasteiger charge is 2.35. The van der Waals surface area contributed by atoms with Crippen molar-refractivity contribution in [2.24, 2.45) is 0 Å². The monoisotopic (exact) mass is 397 g/mol. The number of ketones is 1. The topological polar surface area (TPSA) is 38.8 Å². The first-order chi connectivity index (χ1) is 13.6. The smallest absolute Gasteiger partial charge is 0.235 e. The molecular formula is C23H24ClNO3. The molecule has 0 bridgehead atoms. The second kappa shape index (κ2) is 7.98. The first kappa shape index (κ1) is 19.0. The highest BCUT2D eigenvalue weighted by Crippen LogP contribution is 2.45. The molecule has 1 saturated heterocycles. The van der Waals surface area contributed by atoms with Crippen LogP contribution in [-0.2, 0) is 0 Å². The summed E-state index contributed by atoms with van der Waals surface area (Å²) in [5.74, 6) is 1.77. The zero-order valence-corrected chi connectivity index (χ0v) is 17.0. The van der Waals surface area contributed by atoms with Crippen molar-refractivity contribution in [1.82, 2.24) is 4.90 Å². The largest absolute Gasteiger partial charge is 0.493 e. The van der Waals surface area contributed by atoms with Gasteiger partial charge in [-0.2, -0.15) is 0 Å². The lowest BCUT2D eigenvalue weighted by molar-refractivity contribution is 0.101. The van der Waals surface area contributed by atoms with Crippen LogP contribution in [-0.4, -0.2) is 37.4 Å². The normalized spacial score (nSPS) is 19.0. The molecule has 0 radical (unpaired) electrons. The zero-order chi connectivity index (χ0) is 19.7. The summed E-state index contributed by atoms with van der Waals surface area (Å²) in [6.07, 6.45) is 3.83. The minimum absolute atomic E-state index is 0.145. The molecule has 2 aromatic carbocycles. The fraction of sp³-hybridized carbons (Fsp3) is 0.348. The molecule has 4 nitrogen and oxygen atoms in total. The van der Waals surface area contributed by atoms with Crippen molar-refractivity contribution in [3.05, 3.63) is 63.9 Å². The molecular weight excluding hydrogens is 374 g/mol. The fourth-order valence-electron chi connectivity index (χ4n) is 3.93. The summed E-state index contributed by atoms with van der Waals surface area (Å²) >= 11 is 6.27. The summed E-state index contributed by atoms with van der Waals surface area (Å²) in [6.45, 7) is 4.50. The first-order valence-electron chi connectivity index (χ1n) is 9.75. The van der Waals surface area contributed by atoms with Gasteiger partial charge in [0.25, 0.3) is 0 Å². The van der Waals surface area contributed by atoms with Crippen LogP contribution in [0, 0.1) is 0 Å². The highest BCUT2D eigenvalue weighted by atomic mass is 35.5. The van der Waals surface area contributed by atoms with Crippen LogP contribution in [0.15, 0.2) is 42.2 Å². The number of rotatable bonds is 4. The molecule has 2 aromatic rings. The number of benzene rings is 2. The summed E-state index contributed by atoms with van der Waals surface area (Å²) in [7, 11) is 2.14. The standard InChI is InChI=1S/C23H24ClNO3/c1-3-27-19-9-8-17(15-10-12-25(2)13-11-15)23-21(19)22(26)20(28-23)14-16-6-4-5-7-18(16)24/h4-9,14-15H,3,10-13H2,1-2H3/b20-14+. The van der Waals surface area contributed by atoms with Crippen LogP contribution in [0.1, 0.15) is 47.2 Å². The van der Waals surface area contributed by atoms with Crippen molar-refractivity contribution < 1.29 is 14.3 Å². The van der Waals surface area contributed by atoms with Crippen LogP contribution in [0.5, 0.6) is 11.5 Å². The number of carbonyl (C=O) groups is 1. The molecule has 1 fully saturated rings. The van der Waals surface area contributed by atoms with Gasteiger partial charge in [-0.25, -0.2) is 0 Å². The van der Waals surface area contributed by atoms with Crippen molar-refractivity contribution in [3.8, 4) is 11.5 Å². The molecule has 146 valence electrons. The summed E-state index contributed by atoms with van der Waals surface area (Å²) in [5, 5.41) is 0.586. The Morgan fingerprint density at radius 3 is 2.68 bits per heavy atom. The lowest BCUT2D eigenvalue weighted by Gasteiger charge is -2.30. The van der Waals surface area contributed by atoms with Gasteiger partial charge in [-0.15, -0.1) is 0 Å². The van der Waals surface area contributed by atoms with Gasteiger partial charge in [0.2, 0.25) is 5.78 Å². The molecule has 4 rings (SSSR count). The Morgan fingerprint density at radius 1 is 1.21 bits per heavy atom. The van der Waals surface area contributed by atoms with Gasteiger partial charge in [-0.3, -0.25) is 4.79 Å². The van der Waals surface area contributed by atoms with Gasteiger partial charge in [0.05, 0.1) is 6.61 Å². The van der Waals surface area contributed by atoms with Gasteiger partial charge in [-0.05, 0) is 75.2 Å². The van der Waals surface area contributed by atoms with E-state index < -0.39 is 0 Å². The van der Waals surface area contributed by atoms with E-state index in [0.717, 1.165) is 37.1 Å². The molecule has 0 N–H and O–H groups in total. The molecule has 0 aromatic heterocycles. The Bertz CT molecular complexity index is 929. The number of carbonyl (C=O) groups excluding carboxylic acids is 1. The van der Waals surface area contributed by atoms with E-state index in [2.05, 4.69) is 18.0 Å². The van der Waals surface area contributed by atoms with Crippen LogP contribution >= 0.6 is 11.6 Å². The number of ether oxygens (including phenoxy) is 2. The number of fused-ring (bicyclic) bond motifs is 1. The van der Waals surface area contributed by atoms with Crippen molar-refractivity contribution >= 4 is 23.5 Å². The molecule has 0 aliphatic carbocycles. The predicted molar refractivity (Wildman–Crippen MR) is 111 cm³/mol. The van der Waals surface area contributed by atoms with E-state index in [0.29, 0.717) is 40.4 Å². The minimum Gasteiger partial charge on any atom is -0.493 e. The average Bonchev–Trinajstić information content (AvgIpc) is 3.02. The fourth-order valence-corrected chi connectivity index (χ4v) is 4.12. The Balaban J connectivity index is 1.75. The number of hydrogen-bond donors (Lipinski definition) is 0. The quantitative estimate of drug-likeness (QED) is 0.667. The summed E-state index contributed by atoms with van der Waals surface area (Å²) in [5.41, 5.74) is 2.40. The van der Waals surface area contributed by atoms with E-state index in [1.807, 2.05) is 31.2 Å². The second-order valence-corrected chi connectivity index (χ2v) is 7.74. The first-order valence-corrected chi connectivity index (χ1v) is 10.1. The van der Waals surface area contributed by atoms with E-state index in [4.69, 9.17) is 21.1 Å². The Kier molecular flexibility index (Phi) is 5.42. The lowest BCUT2D eigenvalue weighted by atomic mass is 9.87. The molecule has 0 saturated carbocycles. The Hall–Kier alpha value is -2.30. The third-order valence-corrected chi connectivity index (χ3v) is 5.81. The van der Waals surface area contributed by atoms with Gasteiger partial charge in [-0.1, -0.05) is 35.9 Å². The van der Waals surface area contributed by atoms with Crippen LogP contribution in [0.3, 0.4) is 0 Å². The van der Waals surface area contributed by atoms with E-state index in [1.54, 1.807) is 12.1 Å². The Labute approximate surface area is 170 Å². The molecule has 2 heterocycles. The molecule has 0 spiro atoms. The summed E-state index contributed by atoms with van der Waals surface area (Å²) in [4.78, 5) is 15.5. The third-order valence-electron chi connectivity index (χ3n) is 5.46. The number of piperidine rings is 1. The number of likely N-dealkylation sites (tertiary alicyclic amines) is 1. The number of halogens is 1. The van der Waals surface area contributed by atoms with Gasteiger partial charge in [0.1, 0.15) is 17.1 Å². The number of nitrogens with zero attached hydrogens (tertiary/aromatic N) is 1. The average molecular weight is 398 g/mol. The molecule has 5 heteroatoms. The molecule has 28 heavy (non-hydrogen) atoms. The maximum Gasteiger partial charge on any atom is 0.235 e. The van der Waals surface area contributed by atoms with E-state index in [-0.39, 0.29) is 5.78 Å². The maximum absolute atomic E-state index is 13.2. The molecule has 0 atom stereocenters. The van der Waals surface area contributed by atoms with Gasteiger partial charge >= 0.3 is 0 Å². The number of Topliss-reactive ketones (excluding diaryl/α,β-unsaturated/α-hetero) is 1. The molecule has 2 aliphatic rings. The van der Waals surface area contributed by atoms with E-state index >= 15 is 0 Å².